The molecule has 76 valence electrons. The highest BCUT2D eigenvalue weighted by atomic mass is 15.1. The molecule has 0 spiro atoms. The lowest BCUT2D eigenvalue weighted by atomic mass is 10.2. The lowest BCUT2D eigenvalue weighted by Crippen LogP contribution is -1.96. The number of benzene rings is 1. The Morgan fingerprint density at radius 2 is 2.07 bits per heavy atom. The van der Waals surface area contributed by atoms with Gasteiger partial charge >= 0.3 is 0 Å². The smallest absolute Gasteiger partial charge is 0.140 e. The van der Waals surface area contributed by atoms with Crippen LogP contribution in [0.2, 0.25) is 0 Å². The molecule has 0 radical (unpaired) electrons. The molecule has 0 unspecified atom stereocenters. The Balaban J connectivity index is 2.40. The van der Waals surface area contributed by atoms with Gasteiger partial charge in [0, 0.05) is 30.2 Å². The lowest BCUT2D eigenvalue weighted by Gasteiger charge is -2.04. The SMILES string of the molecule is C=CCn1ccnc1-c1ccc(N)cc1. The van der Waals surface area contributed by atoms with E-state index in [0.29, 0.717) is 0 Å². The van der Waals surface area contributed by atoms with Crippen LogP contribution in [-0.2, 0) is 6.54 Å². The number of hydrogen-bond acceptors (Lipinski definition) is 2. The molecule has 0 aliphatic rings. The molecule has 2 aromatic rings. The van der Waals surface area contributed by atoms with Crippen molar-refractivity contribution in [3.05, 3.63) is 49.3 Å². The van der Waals surface area contributed by atoms with Gasteiger partial charge in [-0.2, -0.15) is 0 Å². The van der Waals surface area contributed by atoms with Crippen LogP contribution in [0.15, 0.2) is 49.3 Å². The first kappa shape index (κ1) is 9.52. The molecule has 1 heterocycles. The van der Waals surface area contributed by atoms with Gasteiger partial charge in [-0.05, 0) is 24.3 Å². The van der Waals surface area contributed by atoms with Gasteiger partial charge in [0.25, 0.3) is 0 Å². The zero-order valence-electron chi connectivity index (χ0n) is 8.43. The topological polar surface area (TPSA) is 43.8 Å². The van der Waals surface area contributed by atoms with Crippen LogP contribution in [0.1, 0.15) is 0 Å². The summed E-state index contributed by atoms with van der Waals surface area (Å²) in [6.45, 7) is 4.48. The maximum absolute atomic E-state index is 5.63. The highest BCUT2D eigenvalue weighted by molar-refractivity contribution is 5.59. The van der Waals surface area contributed by atoms with Crippen molar-refractivity contribution in [2.45, 2.75) is 6.54 Å². The van der Waals surface area contributed by atoms with Crippen LogP contribution in [0.4, 0.5) is 5.69 Å². The predicted octanol–water partition coefficient (Wildman–Crippen LogP) is 2.32. The van der Waals surface area contributed by atoms with E-state index in [9.17, 15) is 0 Å². The van der Waals surface area contributed by atoms with Crippen LogP contribution < -0.4 is 5.73 Å². The number of rotatable bonds is 3. The monoisotopic (exact) mass is 199 g/mol. The Hall–Kier alpha value is -2.03. The van der Waals surface area contributed by atoms with Crippen molar-refractivity contribution in [2.75, 3.05) is 5.73 Å². The lowest BCUT2D eigenvalue weighted by molar-refractivity contribution is 0.832. The number of nitrogen functional groups attached to an aromatic ring is 1. The molecule has 0 aliphatic heterocycles. The van der Waals surface area contributed by atoms with Gasteiger partial charge in [0.15, 0.2) is 0 Å². The fourth-order valence-corrected chi connectivity index (χ4v) is 1.49. The molecule has 3 nitrogen and oxygen atoms in total. The van der Waals surface area contributed by atoms with E-state index in [1.165, 1.54) is 0 Å². The third-order valence-electron chi connectivity index (χ3n) is 2.21. The average Bonchev–Trinajstić information content (AvgIpc) is 2.68. The predicted molar refractivity (Wildman–Crippen MR) is 62.3 cm³/mol. The molecule has 1 aromatic heterocycles. The summed E-state index contributed by atoms with van der Waals surface area (Å²) in [6.07, 6.45) is 5.57. The molecular weight excluding hydrogens is 186 g/mol. The third kappa shape index (κ3) is 1.91. The summed E-state index contributed by atoms with van der Waals surface area (Å²) >= 11 is 0. The van der Waals surface area contributed by atoms with E-state index in [4.69, 9.17) is 5.73 Å². The molecule has 2 N–H and O–H groups in total. The molecule has 0 bridgehead atoms. The van der Waals surface area contributed by atoms with Crippen molar-refractivity contribution >= 4 is 5.69 Å². The molecule has 0 saturated carbocycles. The number of allylic oxidation sites excluding steroid dienone is 1. The van der Waals surface area contributed by atoms with Crippen molar-refractivity contribution in [1.82, 2.24) is 9.55 Å². The molecule has 0 saturated heterocycles. The van der Waals surface area contributed by atoms with Crippen LogP contribution in [0, 0.1) is 0 Å². The van der Waals surface area contributed by atoms with Crippen LogP contribution in [0.5, 0.6) is 0 Å². The highest BCUT2D eigenvalue weighted by Crippen LogP contribution is 2.18. The number of hydrogen-bond donors (Lipinski definition) is 1. The summed E-state index contributed by atoms with van der Waals surface area (Å²) in [5, 5.41) is 0. The van der Waals surface area contributed by atoms with Crippen LogP contribution in [-0.4, -0.2) is 9.55 Å². The summed E-state index contributed by atoms with van der Waals surface area (Å²) in [6, 6.07) is 7.69. The summed E-state index contributed by atoms with van der Waals surface area (Å²) < 4.78 is 2.04. The maximum atomic E-state index is 5.63. The first-order valence-electron chi connectivity index (χ1n) is 4.79. The first-order chi connectivity index (χ1) is 7.31. The number of aromatic nitrogens is 2. The highest BCUT2D eigenvalue weighted by Gasteiger charge is 2.03. The normalized spacial score (nSPS) is 10.1. The van der Waals surface area contributed by atoms with E-state index in [1.54, 1.807) is 6.20 Å². The standard InChI is InChI=1S/C12H13N3/c1-2-8-15-9-7-14-12(15)10-3-5-11(13)6-4-10/h2-7,9H,1,8,13H2. The van der Waals surface area contributed by atoms with Gasteiger partial charge in [0.2, 0.25) is 0 Å². The van der Waals surface area contributed by atoms with E-state index >= 15 is 0 Å². The van der Waals surface area contributed by atoms with E-state index in [0.717, 1.165) is 23.6 Å². The molecule has 0 fully saturated rings. The Bertz CT molecular complexity index is 454. The fraction of sp³-hybridized carbons (Fsp3) is 0.0833. The van der Waals surface area contributed by atoms with Crippen molar-refractivity contribution < 1.29 is 0 Å². The second-order valence-corrected chi connectivity index (χ2v) is 3.31. The first-order valence-corrected chi connectivity index (χ1v) is 4.79. The molecule has 0 amide bonds. The molecular formula is C12H13N3. The zero-order chi connectivity index (χ0) is 10.7. The van der Waals surface area contributed by atoms with Crippen LogP contribution in [0.25, 0.3) is 11.4 Å². The van der Waals surface area contributed by atoms with Gasteiger partial charge in [0.05, 0.1) is 0 Å². The fourth-order valence-electron chi connectivity index (χ4n) is 1.49. The summed E-state index contributed by atoms with van der Waals surface area (Å²) in [7, 11) is 0. The minimum absolute atomic E-state index is 0.764. The van der Waals surface area contributed by atoms with Crippen molar-refractivity contribution in [3.8, 4) is 11.4 Å². The summed E-state index contributed by atoms with van der Waals surface area (Å²) in [4.78, 5) is 4.31. The zero-order valence-corrected chi connectivity index (χ0v) is 8.43. The molecule has 15 heavy (non-hydrogen) atoms. The van der Waals surface area contributed by atoms with Gasteiger partial charge < -0.3 is 10.3 Å². The van der Waals surface area contributed by atoms with Gasteiger partial charge in [-0.25, -0.2) is 4.98 Å². The van der Waals surface area contributed by atoms with Gasteiger partial charge in [0.1, 0.15) is 5.82 Å². The van der Waals surface area contributed by atoms with Gasteiger partial charge in [-0.1, -0.05) is 6.08 Å². The van der Waals surface area contributed by atoms with Crippen molar-refractivity contribution in [1.29, 1.82) is 0 Å². The molecule has 0 atom stereocenters. The van der Waals surface area contributed by atoms with E-state index in [-0.39, 0.29) is 0 Å². The Labute approximate surface area is 88.9 Å². The number of imidazole rings is 1. The second-order valence-electron chi connectivity index (χ2n) is 3.31. The molecule has 0 aliphatic carbocycles. The number of anilines is 1. The van der Waals surface area contributed by atoms with Gasteiger partial charge in [-0.3, -0.25) is 0 Å². The van der Waals surface area contributed by atoms with E-state index in [2.05, 4.69) is 11.6 Å². The number of nitrogens with two attached hydrogens (primary N) is 1. The van der Waals surface area contributed by atoms with Crippen LogP contribution >= 0.6 is 0 Å². The summed E-state index contributed by atoms with van der Waals surface area (Å²) in [5.41, 5.74) is 7.46. The minimum atomic E-state index is 0.764. The van der Waals surface area contributed by atoms with E-state index < -0.39 is 0 Å². The van der Waals surface area contributed by atoms with Crippen molar-refractivity contribution in [2.24, 2.45) is 0 Å². The van der Waals surface area contributed by atoms with Gasteiger partial charge in [-0.15, -0.1) is 6.58 Å². The number of nitrogens with zero attached hydrogens (tertiary/aromatic N) is 2. The largest absolute Gasteiger partial charge is 0.399 e. The second kappa shape index (κ2) is 4.00. The molecule has 2 rings (SSSR count). The Kier molecular flexibility index (Phi) is 2.54. The molecule has 1 aromatic carbocycles. The average molecular weight is 199 g/mol. The Morgan fingerprint density at radius 1 is 1.33 bits per heavy atom. The quantitative estimate of drug-likeness (QED) is 0.609. The van der Waals surface area contributed by atoms with E-state index in [1.807, 2.05) is 41.1 Å². The third-order valence-corrected chi connectivity index (χ3v) is 2.21. The molecule has 3 heteroatoms. The maximum Gasteiger partial charge on any atom is 0.140 e. The Morgan fingerprint density at radius 3 is 2.73 bits per heavy atom. The van der Waals surface area contributed by atoms with Crippen molar-refractivity contribution in [3.63, 3.8) is 0 Å². The summed E-state index contributed by atoms with van der Waals surface area (Å²) in [5.74, 6) is 0.940. The van der Waals surface area contributed by atoms with Crippen LogP contribution in [0.3, 0.4) is 0 Å². The minimum Gasteiger partial charge on any atom is -0.399 e.